The lowest BCUT2D eigenvalue weighted by Crippen LogP contribution is -2.27. The molecule has 0 atom stereocenters. The lowest BCUT2D eigenvalue weighted by Gasteiger charge is -2.13. The highest BCUT2D eigenvalue weighted by Crippen LogP contribution is 2.35. The zero-order valence-electron chi connectivity index (χ0n) is 10.4. The highest BCUT2D eigenvalue weighted by atomic mass is 32.2. The van der Waals surface area contributed by atoms with Gasteiger partial charge in [0, 0.05) is 11.6 Å². The molecular formula is C13H9N3OS3. The van der Waals surface area contributed by atoms with Crippen LogP contribution < -0.4 is 4.90 Å². The van der Waals surface area contributed by atoms with Crippen molar-refractivity contribution in [2.24, 2.45) is 0 Å². The normalized spacial score (nSPS) is 17.2. The van der Waals surface area contributed by atoms with E-state index in [2.05, 4.69) is 9.97 Å². The van der Waals surface area contributed by atoms with Crippen molar-refractivity contribution in [1.29, 1.82) is 0 Å². The Kier molecular flexibility index (Phi) is 3.64. The zero-order chi connectivity index (χ0) is 14.1. The first-order valence-electron chi connectivity index (χ1n) is 5.75. The number of thioether (sulfide) groups is 1. The van der Waals surface area contributed by atoms with Crippen molar-refractivity contribution in [2.75, 3.05) is 4.90 Å². The lowest BCUT2D eigenvalue weighted by atomic mass is 10.3. The van der Waals surface area contributed by atoms with E-state index in [1.165, 1.54) is 16.7 Å². The molecule has 1 fully saturated rings. The van der Waals surface area contributed by atoms with Gasteiger partial charge in [-0.2, -0.15) is 0 Å². The molecule has 1 aliphatic rings. The molecule has 7 heteroatoms. The number of pyridine rings is 1. The van der Waals surface area contributed by atoms with Crippen LogP contribution in [0.3, 0.4) is 0 Å². The van der Waals surface area contributed by atoms with Gasteiger partial charge in [0.15, 0.2) is 4.32 Å². The molecule has 1 aliphatic heterocycles. The number of rotatable bonds is 2. The van der Waals surface area contributed by atoms with Gasteiger partial charge in [0.25, 0.3) is 5.91 Å². The third kappa shape index (κ3) is 2.52. The van der Waals surface area contributed by atoms with E-state index in [-0.39, 0.29) is 5.91 Å². The molecule has 4 nitrogen and oxygen atoms in total. The first-order chi connectivity index (χ1) is 9.65. The van der Waals surface area contributed by atoms with Gasteiger partial charge in [-0.3, -0.25) is 14.7 Å². The summed E-state index contributed by atoms with van der Waals surface area (Å²) < 4.78 is 0.515. The molecule has 1 amide bonds. The predicted octanol–water partition coefficient (Wildman–Crippen LogP) is 3.25. The fourth-order valence-electron chi connectivity index (χ4n) is 1.76. The maximum atomic E-state index is 12.4. The Labute approximate surface area is 129 Å². The van der Waals surface area contributed by atoms with Gasteiger partial charge in [-0.1, -0.05) is 24.0 Å². The van der Waals surface area contributed by atoms with Crippen LogP contribution in [0.2, 0.25) is 0 Å². The summed E-state index contributed by atoms with van der Waals surface area (Å²) in [4.78, 5) is 22.9. The third-order valence-electron chi connectivity index (χ3n) is 2.61. The SMILES string of the molecule is Cc1nc(C=C2SC(=S)N(c3cccnc3)C2=O)cs1. The van der Waals surface area contributed by atoms with Crippen LogP contribution in [-0.2, 0) is 4.79 Å². The molecule has 20 heavy (non-hydrogen) atoms. The molecule has 1 saturated heterocycles. The van der Waals surface area contributed by atoms with Crippen LogP contribution in [0.5, 0.6) is 0 Å². The van der Waals surface area contributed by atoms with Crippen molar-refractivity contribution < 1.29 is 4.79 Å². The Morgan fingerprint density at radius 3 is 2.95 bits per heavy atom. The molecule has 0 aliphatic carbocycles. The average Bonchev–Trinajstić information content (AvgIpc) is 2.96. The van der Waals surface area contributed by atoms with Crippen LogP contribution in [0.25, 0.3) is 6.08 Å². The maximum Gasteiger partial charge on any atom is 0.270 e. The standard InChI is InChI=1S/C13H9N3OS3/c1-8-15-9(7-19-8)5-11-12(17)16(13(18)20-11)10-3-2-4-14-6-10/h2-7H,1H3. The number of thiazole rings is 1. The van der Waals surface area contributed by atoms with E-state index in [0.29, 0.717) is 14.9 Å². The van der Waals surface area contributed by atoms with Crippen LogP contribution >= 0.6 is 35.3 Å². The minimum atomic E-state index is -0.126. The van der Waals surface area contributed by atoms with E-state index in [9.17, 15) is 4.79 Å². The van der Waals surface area contributed by atoms with Gasteiger partial charge in [-0.15, -0.1) is 11.3 Å². The molecule has 0 spiro atoms. The van der Waals surface area contributed by atoms with Crippen molar-refractivity contribution in [3.63, 3.8) is 0 Å². The van der Waals surface area contributed by atoms with Crippen molar-refractivity contribution in [2.45, 2.75) is 6.92 Å². The van der Waals surface area contributed by atoms with Crippen LogP contribution in [0.1, 0.15) is 10.7 Å². The van der Waals surface area contributed by atoms with Crippen molar-refractivity contribution >= 4 is 57.3 Å². The third-order valence-corrected chi connectivity index (χ3v) is 4.71. The van der Waals surface area contributed by atoms with E-state index >= 15 is 0 Å². The first-order valence-corrected chi connectivity index (χ1v) is 7.86. The summed E-state index contributed by atoms with van der Waals surface area (Å²) in [5, 5.41) is 2.89. The molecule has 0 saturated carbocycles. The summed E-state index contributed by atoms with van der Waals surface area (Å²) in [6.07, 6.45) is 5.06. The average molecular weight is 319 g/mol. The van der Waals surface area contributed by atoms with Crippen LogP contribution in [-0.4, -0.2) is 20.2 Å². The van der Waals surface area contributed by atoms with Crippen LogP contribution in [0.15, 0.2) is 34.8 Å². The first kappa shape index (κ1) is 13.4. The molecule has 0 radical (unpaired) electrons. The summed E-state index contributed by atoms with van der Waals surface area (Å²) in [5.74, 6) is -0.126. The summed E-state index contributed by atoms with van der Waals surface area (Å²) in [6, 6.07) is 3.59. The molecule has 100 valence electrons. The fraction of sp³-hybridized carbons (Fsp3) is 0.0769. The number of carbonyl (C=O) groups excluding carboxylic acids is 1. The van der Waals surface area contributed by atoms with Crippen molar-refractivity contribution in [3.05, 3.63) is 45.5 Å². The molecule has 0 bridgehead atoms. The largest absolute Gasteiger partial charge is 0.270 e. The van der Waals surface area contributed by atoms with E-state index in [1.807, 2.05) is 18.4 Å². The number of anilines is 1. The molecule has 0 aromatic carbocycles. The summed E-state index contributed by atoms with van der Waals surface area (Å²) in [5.41, 5.74) is 1.48. The van der Waals surface area contributed by atoms with Gasteiger partial charge in [0.1, 0.15) is 0 Å². The minimum Gasteiger partial charge on any atom is -0.268 e. The highest BCUT2D eigenvalue weighted by molar-refractivity contribution is 8.27. The van der Waals surface area contributed by atoms with E-state index in [1.54, 1.807) is 35.9 Å². The van der Waals surface area contributed by atoms with Gasteiger partial charge < -0.3 is 0 Å². The summed E-state index contributed by atoms with van der Waals surface area (Å²) in [6.45, 7) is 1.93. The van der Waals surface area contributed by atoms with Gasteiger partial charge >= 0.3 is 0 Å². The fourth-order valence-corrected chi connectivity index (χ4v) is 3.61. The van der Waals surface area contributed by atoms with E-state index < -0.39 is 0 Å². The Morgan fingerprint density at radius 1 is 1.45 bits per heavy atom. The molecule has 3 heterocycles. The second-order valence-electron chi connectivity index (χ2n) is 4.02. The Bertz CT molecular complexity index is 709. The van der Waals surface area contributed by atoms with E-state index in [4.69, 9.17) is 12.2 Å². The highest BCUT2D eigenvalue weighted by Gasteiger charge is 2.33. The van der Waals surface area contributed by atoms with E-state index in [0.717, 1.165) is 10.7 Å². The number of aryl methyl sites for hydroxylation is 1. The number of amides is 1. The Balaban J connectivity index is 1.93. The predicted molar refractivity (Wildman–Crippen MR) is 86.7 cm³/mol. The number of carbonyl (C=O) groups is 1. The Hall–Kier alpha value is -1.57. The van der Waals surface area contributed by atoms with Crippen LogP contribution in [0.4, 0.5) is 5.69 Å². The quantitative estimate of drug-likeness (QED) is 0.628. The number of hydrogen-bond acceptors (Lipinski definition) is 6. The number of aromatic nitrogens is 2. The molecule has 0 N–H and O–H groups in total. The number of hydrogen-bond donors (Lipinski definition) is 0. The summed E-state index contributed by atoms with van der Waals surface area (Å²) >= 11 is 8.12. The maximum absolute atomic E-state index is 12.4. The van der Waals surface area contributed by atoms with Gasteiger partial charge in [0.2, 0.25) is 0 Å². The smallest absolute Gasteiger partial charge is 0.268 e. The summed E-state index contributed by atoms with van der Waals surface area (Å²) in [7, 11) is 0. The zero-order valence-corrected chi connectivity index (χ0v) is 12.9. The monoisotopic (exact) mass is 319 g/mol. The molecule has 2 aromatic heterocycles. The van der Waals surface area contributed by atoms with Gasteiger partial charge in [0.05, 0.1) is 27.5 Å². The van der Waals surface area contributed by atoms with Crippen LogP contribution in [0, 0.1) is 6.92 Å². The number of thiocarbonyl (C=S) groups is 1. The van der Waals surface area contributed by atoms with Crippen molar-refractivity contribution in [1.82, 2.24) is 9.97 Å². The molecule has 0 unspecified atom stereocenters. The van der Waals surface area contributed by atoms with Gasteiger partial charge in [-0.25, -0.2) is 4.98 Å². The van der Waals surface area contributed by atoms with Crippen molar-refractivity contribution in [3.8, 4) is 0 Å². The van der Waals surface area contributed by atoms with Gasteiger partial charge in [-0.05, 0) is 25.1 Å². The minimum absolute atomic E-state index is 0.126. The molecular weight excluding hydrogens is 310 g/mol. The lowest BCUT2D eigenvalue weighted by molar-refractivity contribution is -0.113. The second-order valence-corrected chi connectivity index (χ2v) is 6.76. The molecule has 2 aromatic rings. The molecule has 3 rings (SSSR count). The second kappa shape index (κ2) is 5.43. The Morgan fingerprint density at radius 2 is 2.30 bits per heavy atom. The number of nitrogens with zero attached hydrogens (tertiary/aromatic N) is 3. The topological polar surface area (TPSA) is 46.1 Å².